The van der Waals surface area contributed by atoms with E-state index in [9.17, 15) is 9.18 Å². The monoisotopic (exact) mass is 384 g/mol. The fourth-order valence-electron chi connectivity index (χ4n) is 3.48. The number of hydrogen-bond donors (Lipinski definition) is 1. The van der Waals surface area contributed by atoms with Gasteiger partial charge in [-0.3, -0.25) is 4.79 Å². The fraction of sp³-hybridized carbons (Fsp3) is 0.350. The molecule has 2 aromatic heterocycles. The van der Waals surface area contributed by atoms with Crippen LogP contribution in [0.3, 0.4) is 0 Å². The normalized spacial score (nSPS) is 15.3. The van der Waals surface area contributed by atoms with Crippen LogP contribution >= 0.6 is 11.3 Å². The van der Waals surface area contributed by atoms with Crippen molar-refractivity contribution < 1.29 is 9.18 Å². The Balaban J connectivity index is 1.43. The van der Waals surface area contributed by atoms with Crippen LogP contribution in [0.25, 0.3) is 10.2 Å². The number of anilines is 2. The minimum Gasteiger partial charge on any atom is -0.356 e. The van der Waals surface area contributed by atoms with Gasteiger partial charge in [0.2, 0.25) is 5.91 Å². The molecular weight excluding hydrogens is 363 g/mol. The highest BCUT2D eigenvalue weighted by Gasteiger charge is 2.27. The zero-order valence-electron chi connectivity index (χ0n) is 15.1. The number of aromatic nitrogens is 2. The summed E-state index contributed by atoms with van der Waals surface area (Å²) in [6.07, 6.45) is 4.11. The Kier molecular flexibility index (Phi) is 5.03. The van der Waals surface area contributed by atoms with E-state index in [0.29, 0.717) is 5.69 Å². The summed E-state index contributed by atoms with van der Waals surface area (Å²) in [6.45, 7) is 3.68. The highest BCUT2D eigenvalue weighted by Crippen LogP contribution is 2.32. The third-order valence-electron chi connectivity index (χ3n) is 4.97. The second kappa shape index (κ2) is 7.60. The molecule has 27 heavy (non-hydrogen) atoms. The molecule has 140 valence electrons. The first kappa shape index (κ1) is 17.9. The van der Waals surface area contributed by atoms with Crippen molar-refractivity contribution in [1.29, 1.82) is 0 Å². The number of amides is 1. The van der Waals surface area contributed by atoms with Crippen LogP contribution in [0, 0.1) is 11.7 Å². The number of halogens is 1. The Morgan fingerprint density at radius 1 is 1.30 bits per heavy atom. The van der Waals surface area contributed by atoms with E-state index in [1.54, 1.807) is 29.8 Å². The summed E-state index contributed by atoms with van der Waals surface area (Å²) in [5.41, 5.74) is 0.505. The van der Waals surface area contributed by atoms with E-state index in [2.05, 4.69) is 33.2 Å². The molecule has 1 aliphatic heterocycles. The maximum atomic E-state index is 13.3. The zero-order chi connectivity index (χ0) is 18.8. The van der Waals surface area contributed by atoms with Gasteiger partial charge in [-0.1, -0.05) is 13.0 Å². The van der Waals surface area contributed by atoms with Gasteiger partial charge in [-0.15, -0.1) is 11.3 Å². The first-order chi connectivity index (χ1) is 13.1. The molecule has 1 N–H and O–H groups in total. The lowest BCUT2D eigenvalue weighted by Crippen LogP contribution is -2.38. The van der Waals surface area contributed by atoms with Crippen LogP contribution in [0.1, 0.15) is 24.6 Å². The molecule has 0 atom stereocenters. The van der Waals surface area contributed by atoms with Crippen LogP contribution in [0.2, 0.25) is 0 Å². The van der Waals surface area contributed by atoms with Gasteiger partial charge in [-0.2, -0.15) is 0 Å². The Morgan fingerprint density at radius 2 is 2.11 bits per heavy atom. The van der Waals surface area contributed by atoms with Crippen LogP contribution < -0.4 is 10.2 Å². The average Bonchev–Trinajstić information content (AvgIpc) is 3.11. The van der Waals surface area contributed by atoms with Crippen molar-refractivity contribution in [2.24, 2.45) is 5.92 Å². The molecule has 1 fully saturated rings. The summed E-state index contributed by atoms with van der Waals surface area (Å²) in [5, 5.41) is 3.93. The molecule has 1 aromatic carbocycles. The van der Waals surface area contributed by atoms with Crippen LogP contribution in [0.5, 0.6) is 0 Å². The molecule has 3 aromatic rings. The molecule has 3 heterocycles. The lowest BCUT2D eigenvalue weighted by Gasteiger charge is -2.32. The molecular formula is C20H21FN4OS. The number of benzene rings is 1. The van der Waals surface area contributed by atoms with Gasteiger partial charge < -0.3 is 10.2 Å². The second-order valence-electron chi connectivity index (χ2n) is 6.74. The Morgan fingerprint density at radius 3 is 2.85 bits per heavy atom. The van der Waals surface area contributed by atoms with Crippen molar-refractivity contribution in [2.45, 2.75) is 26.2 Å². The van der Waals surface area contributed by atoms with Crippen LogP contribution in [0.4, 0.5) is 15.9 Å². The summed E-state index contributed by atoms with van der Waals surface area (Å²) in [5.74, 6) is 0.491. The molecule has 0 saturated carbocycles. The molecule has 5 nitrogen and oxygen atoms in total. The molecule has 0 aliphatic carbocycles. The fourth-order valence-corrected chi connectivity index (χ4v) is 4.41. The first-order valence-corrected chi connectivity index (χ1v) is 10.0. The molecule has 7 heteroatoms. The molecule has 4 rings (SSSR count). The van der Waals surface area contributed by atoms with Gasteiger partial charge in [-0.05, 0) is 43.5 Å². The summed E-state index contributed by atoms with van der Waals surface area (Å²) in [4.78, 5) is 26.0. The van der Waals surface area contributed by atoms with Crippen molar-refractivity contribution in [1.82, 2.24) is 9.97 Å². The van der Waals surface area contributed by atoms with Crippen LogP contribution in [-0.2, 0) is 11.2 Å². The SMILES string of the molecule is CCc1cc2c(N3CCC(C(=O)Nc4cccc(F)c4)CC3)ncnc2s1. The van der Waals surface area contributed by atoms with Gasteiger partial charge in [0.15, 0.2) is 0 Å². The number of carbonyl (C=O) groups is 1. The number of piperidine rings is 1. The smallest absolute Gasteiger partial charge is 0.227 e. The molecule has 0 radical (unpaired) electrons. The third kappa shape index (κ3) is 3.78. The number of fused-ring (bicyclic) bond motifs is 1. The van der Waals surface area contributed by atoms with Gasteiger partial charge in [0.25, 0.3) is 0 Å². The maximum absolute atomic E-state index is 13.3. The van der Waals surface area contributed by atoms with E-state index in [1.807, 2.05) is 0 Å². The average molecular weight is 384 g/mol. The van der Waals surface area contributed by atoms with Gasteiger partial charge in [0.1, 0.15) is 22.8 Å². The Labute approximate surface area is 161 Å². The van der Waals surface area contributed by atoms with E-state index >= 15 is 0 Å². The number of nitrogens with one attached hydrogen (secondary N) is 1. The number of hydrogen-bond acceptors (Lipinski definition) is 5. The highest BCUT2D eigenvalue weighted by atomic mass is 32.1. The maximum Gasteiger partial charge on any atom is 0.227 e. The van der Waals surface area contributed by atoms with Crippen LogP contribution in [-0.4, -0.2) is 29.0 Å². The summed E-state index contributed by atoms with van der Waals surface area (Å²) >= 11 is 1.71. The molecule has 0 unspecified atom stereocenters. The molecule has 0 bridgehead atoms. The standard InChI is InChI=1S/C20H21FN4OS/c1-2-16-11-17-18(22-12-23-20(17)27-16)25-8-6-13(7-9-25)19(26)24-15-5-3-4-14(21)10-15/h3-5,10-13H,2,6-9H2,1H3,(H,24,26). The number of rotatable bonds is 4. The lowest BCUT2D eigenvalue weighted by molar-refractivity contribution is -0.120. The first-order valence-electron chi connectivity index (χ1n) is 9.19. The van der Waals surface area contributed by atoms with E-state index in [4.69, 9.17) is 0 Å². The van der Waals surface area contributed by atoms with Gasteiger partial charge in [0.05, 0.1) is 5.39 Å². The number of carbonyl (C=O) groups excluding carboxylic acids is 1. The van der Waals surface area contributed by atoms with Crippen molar-refractivity contribution >= 4 is 39.0 Å². The van der Waals surface area contributed by atoms with E-state index in [0.717, 1.165) is 48.4 Å². The summed E-state index contributed by atoms with van der Waals surface area (Å²) in [7, 11) is 0. The minimum absolute atomic E-state index is 0.0445. The van der Waals surface area contributed by atoms with Crippen molar-refractivity contribution in [3.8, 4) is 0 Å². The highest BCUT2D eigenvalue weighted by molar-refractivity contribution is 7.18. The van der Waals surface area contributed by atoms with E-state index < -0.39 is 0 Å². The Bertz CT molecular complexity index is 966. The molecule has 1 saturated heterocycles. The number of aryl methyl sites for hydroxylation is 1. The topological polar surface area (TPSA) is 58.1 Å². The lowest BCUT2D eigenvalue weighted by atomic mass is 9.95. The quantitative estimate of drug-likeness (QED) is 0.731. The molecule has 1 aliphatic rings. The van der Waals surface area contributed by atoms with Gasteiger partial charge in [-0.25, -0.2) is 14.4 Å². The number of thiophene rings is 1. The van der Waals surface area contributed by atoms with Crippen LogP contribution in [0.15, 0.2) is 36.7 Å². The predicted molar refractivity (Wildman–Crippen MR) is 107 cm³/mol. The minimum atomic E-state index is -0.349. The van der Waals surface area contributed by atoms with Crippen molar-refractivity contribution in [3.05, 3.63) is 47.4 Å². The van der Waals surface area contributed by atoms with E-state index in [1.165, 1.54) is 17.0 Å². The van der Waals surface area contributed by atoms with Gasteiger partial charge >= 0.3 is 0 Å². The molecule has 0 spiro atoms. The van der Waals surface area contributed by atoms with Gasteiger partial charge in [0, 0.05) is 29.6 Å². The van der Waals surface area contributed by atoms with Crippen molar-refractivity contribution in [2.75, 3.05) is 23.3 Å². The zero-order valence-corrected chi connectivity index (χ0v) is 15.9. The van der Waals surface area contributed by atoms with Crippen molar-refractivity contribution in [3.63, 3.8) is 0 Å². The summed E-state index contributed by atoms with van der Waals surface area (Å²) in [6, 6.07) is 8.19. The largest absolute Gasteiger partial charge is 0.356 e. The second-order valence-corrected chi connectivity index (χ2v) is 7.86. The molecule has 1 amide bonds. The van der Waals surface area contributed by atoms with E-state index in [-0.39, 0.29) is 17.6 Å². The Hall–Kier alpha value is -2.54. The third-order valence-corrected chi connectivity index (χ3v) is 6.15. The number of nitrogens with zero attached hydrogens (tertiary/aromatic N) is 3. The predicted octanol–water partition coefficient (Wildman–Crippen LogP) is 4.25. The summed E-state index contributed by atoms with van der Waals surface area (Å²) < 4.78 is 13.3.